The monoisotopic (exact) mass is 434 g/mol. The number of imide groups is 1. The highest BCUT2D eigenvalue weighted by Crippen LogP contribution is 2.34. The summed E-state index contributed by atoms with van der Waals surface area (Å²) >= 11 is 0. The van der Waals surface area contributed by atoms with Crippen molar-refractivity contribution in [1.82, 2.24) is 15.4 Å². The Balaban J connectivity index is 0.00000392. The Morgan fingerprint density at radius 2 is 1.86 bits per heavy atom. The van der Waals surface area contributed by atoms with Gasteiger partial charge < -0.3 is 15.8 Å². The molecule has 1 aromatic rings. The van der Waals surface area contributed by atoms with Crippen LogP contribution in [0.2, 0.25) is 0 Å². The molecule has 28 heavy (non-hydrogen) atoms. The standard InChI is InChI=1S/C17H26N4O5S.ClH/c1-5-17(6-2,10-18)21-27(24,25)11-7-8-13(26-4)12(9-11)16(3)14(22)19-15(23)20-16;/h7-9,21H,5-6,10,18H2,1-4H3,(H2,19,20,22,23);1H. The van der Waals surface area contributed by atoms with E-state index in [4.69, 9.17) is 10.5 Å². The molecule has 11 heteroatoms. The molecule has 0 spiro atoms. The zero-order chi connectivity index (χ0) is 20.5. The lowest BCUT2D eigenvalue weighted by atomic mass is 9.91. The van der Waals surface area contributed by atoms with E-state index in [1.54, 1.807) is 0 Å². The quantitative estimate of drug-likeness (QED) is 0.449. The SMILES string of the molecule is CCC(CC)(CN)NS(=O)(=O)c1ccc(OC)c(C2(C)NC(=O)NC2=O)c1.Cl. The van der Waals surface area contributed by atoms with E-state index in [1.165, 1.54) is 32.2 Å². The number of amides is 3. The molecule has 0 radical (unpaired) electrons. The molecule has 1 heterocycles. The maximum atomic E-state index is 12.9. The summed E-state index contributed by atoms with van der Waals surface area (Å²) in [6, 6.07) is 3.51. The molecule has 1 unspecified atom stereocenters. The highest BCUT2D eigenvalue weighted by Gasteiger charge is 2.46. The van der Waals surface area contributed by atoms with Crippen molar-refractivity contribution in [1.29, 1.82) is 0 Å². The smallest absolute Gasteiger partial charge is 0.322 e. The van der Waals surface area contributed by atoms with Gasteiger partial charge in [0.15, 0.2) is 0 Å². The Bertz CT molecular complexity index is 849. The Morgan fingerprint density at radius 1 is 1.25 bits per heavy atom. The van der Waals surface area contributed by atoms with E-state index in [1.807, 2.05) is 13.8 Å². The van der Waals surface area contributed by atoms with Crippen LogP contribution in [-0.4, -0.2) is 39.5 Å². The van der Waals surface area contributed by atoms with Crippen LogP contribution in [0.3, 0.4) is 0 Å². The number of hydrogen-bond donors (Lipinski definition) is 4. The molecule has 3 amide bonds. The van der Waals surface area contributed by atoms with E-state index in [0.29, 0.717) is 12.8 Å². The largest absolute Gasteiger partial charge is 0.496 e. The Hall–Kier alpha value is -1.88. The van der Waals surface area contributed by atoms with Crippen LogP contribution in [-0.2, 0) is 20.4 Å². The van der Waals surface area contributed by atoms with Gasteiger partial charge in [0.2, 0.25) is 10.0 Å². The van der Waals surface area contributed by atoms with E-state index < -0.39 is 33.0 Å². The third-order valence-electron chi connectivity index (χ3n) is 5.16. The predicted octanol–water partition coefficient (Wildman–Crippen LogP) is 0.967. The first kappa shape index (κ1) is 24.2. The van der Waals surface area contributed by atoms with E-state index in [9.17, 15) is 18.0 Å². The Morgan fingerprint density at radius 3 is 2.29 bits per heavy atom. The van der Waals surface area contributed by atoms with E-state index in [0.717, 1.165) is 0 Å². The van der Waals surface area contributed by atoms with Crippen LogP contribution in [0.5, 0.6) is 5.75 Å². The minimum Gasteiger partial charge on any atom is -0.496 e. The third-order valence-corrected chi connectivity index (χ3v) is 6.74. The summed E-state index contributed by atoms with van der Waals surface area (Å²) in [6.45, 7) is 5.35. The fraction of sp³-hybridized carbons (Fsp3) is 0.529. The minimum atomic E-state index is -3.92. The van der Waals surface area contributed by atoms with Crippen LogP contribution in [0.15, 0.2) is 23.1 Å². The number of hydrogen-bond acceptors (Lipinski definition) is 6. The molecule has 0 bridgehead atoms. The summed E-state index contributed by atoms with van der Waals surface area (Å²) in [7, 11) is -2.52. The van der Waals surface area contributed by atoms with Crippen molar-refractivity contribution in [3.05, 3.63) is 23.8 Å². The van der Waals surface area contributed by atoms with Crippen LogP contribution in [0.25, 0.3) is 0 Å². The van der Waals surface area contributed by atoms with Gasteiger partial charge in [0, 0.05) is 17.6 Å². The fourth-order valence-corrected chi connectivity index (χ4v) is 4.63. The number of halogens is 1. The fourth-order valence-electron chi connectivity index (χ4n) is 3.05. The van der Waals surface area contributed by atoms with Gasteiger partial charge in [0.25, 0.3) is 5.91 Å². The van der Waals surface area contributed by atoms with Crippen molar-refractivity contribution in [2.75, 3.05) is 13.7 Å². The first-order valence-corrected chi connectivity index (χ1v) is 10.1. The zero-order valence-corrected chi connectivity index (χ0v) is 17.9. The van der Waals surface area contributed by atoms with Gasteiger partial charge in [-0.05, 0) is 38.0 Å². The lowest BCUT2D eigenvalue weighted by Crippen LogP contribution is -2.52. The summed E-state index contributed by atoms with van der Waals surface area (Å²) in [5, 5.41) is 4.67. The lowest BCUT2D eigenvalue weighted by molar-refractivity contribution is -0.123. The van der Waals surface area contributed by atoms with Crippen LogP contribution >= 0.6 is 12.4 Å². The number of rotatable bonds is 8. The van der Waals surface area contributed by atoms with Crippen molar-refractivity contribution in [3.8, 4) is 5.75 Å². The first-order valence-electron chi connectivity index (χ1n) is 8.63. The van der Waals surface area contributed by atoms with Crippen molar-refractivity contribution >= 4 is 34.4 Å². The summed E-state index contributed by atoms with van der Waals surface area (Å²) in [5.74, 6) is -0.309. The van der Waals surface area contributed by atoms with Gasteiger partial charge in [-0.25, -0.2) is 17.9 Å². The van der Waals surface area contributed by atoms with Gasteiger partial charge >= 0.3 is 6.03 Å². The van der Waals surface area contributed by atoms with Crippen molar-refractivity contribution in [3.63, 3.8) is 0 Å². The Kier molecular flexibility index (Phi) is 7.46. The molecule has 1 aromatic carbocycles. The summed E-state index contributed by atoms with van der Waals surface area (Å²) in [6.07, 6.45) is 1.05. The highest BCUT2D eigenvalue weighted by molar-refractivity contribution is 7.89. The number of benzene rings is 1. The van der Waals surface area contributed by atoms with Crippen molar-refractivity contribution < 1.29 is 22.7 Å². The van der Waals surface area contributed by atoms with E-state index in [2.05, 4.69) is 15.4 Å². The molecule has 1 aliphatic rings. The number of methoxy groups -OCH3 is 1. The number of nitrogens with two attached hydrogens (primary N) is 1. The zero-order valence-electron chi connectivity index (χ0n) is 16.3. The summed E-state index contributed by atoms with van der Waals surface area (Å²) < 4.78 is 33.8. The van der Waals surface area contributed by atoms with Crippen LogP contribution in [0.4, 0.5) is 4.79 Å². The average Bonchev–Trinajstić information content (AvgIpc) is 2.91. The molecular formula is C17H27ClN4O5S. The Labute approximate surface area is 171 Å². The molecule has 9 nitrogen and oxygen atoms in total. The molecule has 1 fully saturated rings. The molecule has 0 aliphatic carbocycles. The molecule has 0 aromatic heterocycles. The number of carbonyl (C=O) groups is 2. The highest BCUT2D eigenvalue weighted by atomic mass is 35.5. The predicted molar refractivity (Wildman–Crippen MR) is 107 cm³/mol. The summed E-state index contributed by atoms with van der Waals surface area (Å²) in [4.78, 5) is 23.8. The maximum Gasteiger partial charge on any atom is 0.322 e. The second-order valence-corrected chi connectivity index (χ2v) is 8.37. The number of nitrogens with one attached hydrogen (secondary N) is 3. The molecule has 1 aliphatic heterocycles. The van der Waals surface area contributed by atoms with Crippen molar-refractivity contribution in [2.45, 2.75) is 49.6 Å². The molecule has 158 valence electrons. The summed E-state index contributed by atoms with van der Waals surface area (Å²) in [5.41, 5.74) is 3.82. The van der Waals surface area contributed by atoms with Gasteiger partial charge in [0.1, 0.15) is 11.3 Å². The van der Waals surface area contributed by atoms with E-state index >= 15 is 0 Å². The van der Waals surface area contributed by atoms with Gasteiger partial charge in [-0.3, -0.25) is 10.1 Å². The molecule has 0 saturated carbocycles. The third kappa shape index (κ3) is 4.24. The first-order chi connectivity index (χ1) is 12.6. The van der Waals surface area contributed by atoms with Crippen LogP contribution in [0.1, 0.15) is 39.2 Å². The van der Waals surface area contributed by atoms with Crippen molar-refractivity contribution in [2.24, 2.45) is 5.73 Å². The normalized spacial score (nSPS) is 19.6. The molecular weight excluding hydrogens is 408 g/mol. The molecule has 1 atom stereocenters. The maximum absolute atomic E-state index is 12.9. The van der Waals surface area contributed by atoms with Crippen LogP contribution in [0, 0.1) is 0 Å². The number of sulfonamides is 1. The molecule has 2 rings (SSSR count). The number of ether oxygens (including phenoxy) is 1. The number of urea groups is 1. The van der Waals surface area contributed by atoms with Gasteiger partial charge in [-0.1, -0.05) is 13.8 Å². The van der Waals surface area contributed by atoms with Gasteiger partial charge in [0.05, 0.1) is 12.0 Å². The minimum absolute atomic E-state index is 0. The number of carbonyl (C=O) groups excluding carboxylic acids is 2. The van der Waals surface area contributed by atoms with Crippen LogP contribution < -0.4 is 25.8 Å². The second-order valence-electron chi connectivity index (χ2n) is 6.69. The second kappa shape index (κ2) is 8.64. The average molecular weight is 435 g/mol. The molecule has 1 saturated heterocycles. The lowest BCUT2D eigenvalue weighted by Gasteiger charge is -2.31. The topological polar surface area (TPSA) is 140 Å². The van der Waals surface area contributed by atoms with Gasteiger partial charge in [-0.15, -0.1) is 12.4 Å². The molecule has 5 N–H and O–H groups in total. The van der Waals surface area contributed by atoms with E-state index in [-0.39, 0.29) is 35.2 Å². The van der Waals surface area contributed by atoms with Gasteiger partial charge in [-0.2, -0.15) is 0 Å².